The van der Waals surface area contributed by atoms with Gasteiger partial charge in [-0.05, 0) is 24.3 Å². The number of hydrogen-bond acceptors (Lipinski definition) is 4. The number of nitrogens with one attached hydrogen (secondary N) is 1. The number of carbonyl (C=O) groups is 1. The van der Waals surface area contributed by atoms with Crippen LogP contribution in [0.25, 0.3) is 16.7 Å². The smallest absolute Gasteiger partial charge is 0.281 e. The van der Waals surface area contributed by atoms with Crippen molar-refractivity contribution in [2.24, 2.45) is 4.99 Å². The molecule has 6 nitrogen and oxygen atoms in total. The van der Waals surface area contributed by atoms with E-state index in [9.17, 15) is 9.90 Å². The van der Waals surface area contributed by atoms with Crippen molar-refractivity contribution >= 4 is 39.9 Å². The number of para-hydroxylation sites is 1. The molecule has 0 saturated carbocycles. The van der Waals surface area contributed by atoms with Crippen LogP contribution in [0.4, 0.5) is 0 Å². The maximum absolute atomic E-state index is 12.7. The van der Waals surface area contributed by atoms with Gasteiger partial charge in [0.15, 0.2) is 4.80 Å². The van der Waals surface area contributed by atoms with Crippen molar-refractivity contribution in [1.29, 1.82) is 0 Å². The summed E-state index contributed by atoms with van der Waals surface area (Å²) >= 11 is 7.56. The van der Waals surface area contributed by atoms with Crippen LogP contribution in [0.5, 0.6) is 0 Å². The average Bonchev–Trinajstić information content (AvgIpc) is 3.26. The molecule has 0 radical (unpaired) electrons. The Kier molecular flexibility index (Phi) is 4.42. The Morgan fingerprint density at radius 2 is 2.15 bits per heavy atom. The van der Waals surface area contributed by atoms with Gasteiger partial charge in [-0.3, -0.25) is 9.36 Å². The zero-order valence-electron chi connectivity index (χ0n) is 13.4. The van der Waals surface area contributed by atoms with E-state index in [1.807, 2.05) is 24.3 Å². The van der Waals surface area contributed by atoms with Crippen molar-refractivity contribution < 1.29 is 9.90 Å². The zero-order chi connectivity index (χ0) is 18.1. The van der Waals surface area contributed by atoms with Crippen molar-refractivity contribution in [3.63, 3.8) is 0 Å². The fourth-order valence-electron chi connectivity index (χ4n) is 2.70. The van der Waals surface area contributed by atoms with Crippen molar-refractivity contribution in [3.05, 3.63) is 75.3 Å². The van der Waals surface area contributed by atoms with Gasteiger partial charge in [0.05, 0.1) is 28.6 Å². The van der Waals surface area contributed by atoms with Crippen LogP contribution in [0, 0.1) is 0 Å². The highest BCUT2D eigenvalue weighted by Gasteiger charge is 2.14. The summed E-state index contributed by atoms with van der Waals surface area (Å²) in [6.07, 6.45) is 3.26. The molecule has 0 fully saturated rings. The standard InChI is InChI=1S/C18H13ClN4O2S/c19-14-5-1-2-6-15(14)23-11(9-24)10-26-18(23)22-17(25)13-8-21-16-12(13)4-3-7-20-16/h1-8,10,24H,9H2,(H,20,21). The molecule has 3 heterocycles. The van der Waals surface area contributed by atoms with Gasteiger partial charge < -0.3 is 10.1 Å². The van der Waals surface area contributed by atoms with E-state index in [4.69, 9.17) is 11.6 Å². The first-order valence-electron chi connectivity index (χ1n) is 7.75. The number of benzene rings is 1. The predicted molar refractivity (Wildman–Crippen MR) is 101 cm³/mol. The van der Waals surface area contributed by atoms with E-state index in [0.29, 0.717) is 37.8 Å². The third-order valence-corrected chi connectivity index (χ3v) is 5.11. The monoisotopic (exact) mass is 384 g/mol. The number of amides is 1. The minimum Gasteiger partial charge on any atom is -0.390 e. The molecule has 130 valence electrons. The molecule has 0 spiro atoms. The van der Waals surface area contributed by atoms with Crippen molar-refractivity contribution in [1.82, 2.24) is 14.5 Å². The van der Waals surface area contributed by atoms with Crippen LogP contribution < -0.4 is 4.80 Å². The zero-order valence-corrected chi connectivity index (χ0v) is 15.0. The number of halogens is 1. The lowest BCUT2D eigenvalue weighted by atomic mass is 10.2. The summed E-state index contributed by atoms with van der Waals surface area (Å²) in [5, 5.41) is 12.6. The van der Waals surface area contributed by atoms with E-state index in [0.717, 1.165) is 0 Å². The number of pyridine rings is 1. The highest BCUT2D eigenvalue weighted by atomic mass is 35.5. The molecule has 0 aliphatic rings. The molecule has 0 bridgehead atoms. The first-order chi connectivity index (χ1) is 12.7. The first kappa shape index (κ1) is 16.7. The lowest BCUT2D eigenvalue weighted by Crippen LogP contribution is -2.18. The molecule has 0 aliphatic heterocycles. The second-order valence-electron chi connectivity index (χ2n) is 5.47. The molecule has 1 amide bonds. The van der Waals surface area contributed by atoms with Crippen LogP contribution in [0.2, 0.25) is 5.02 Å². The molecular formula is C18H13ClN4O2S. The maximum atomic E-state index is 12.7. The van der Waals surface area contributed by atoms with Crippen LogP contribution in [0.15, 0.2) is 59.2 Å². The SMILES string of the molecule is O=C(N=c1scc(CO)n1-c1ccccc1Cl)c1c[nH]c2ncccc12. The molecule has 1 aromatic carbocycles. The molecule has 26 heavy (non-hydrogen) atoms. The Bertz CT molecular complexity index is 1180. The summed E-state index contributed by atoms with van der Waals surface area (Å²) in [5.41, 5.74) is 2.34. The van der Waals surface area contributed by atoms with Gasteiger partial charge >= 0.3 is 0 Å². The Labute approximate surface area is 157 Å². The molecule has 0 aliphatic carbocycles. The van der Waals surface area contributed by atoms with Crippen LogP contribution in [0.3, 0.4) is 0 Å². The third-order valence-electron chi connectivity index (χ3n) is 3.91. The molecule has 2 N–H and O–H groups in total. The minimum absolute atomic E-state index is 0.192. The normalized spacial score (nSPS) is 12.0. The number of hydrogen-bond donors (Lipinski definition) is 2. The Balaban J connectivity index is 1.87. The summed E-state index contributed by atoms with van der Waals surface area (Å²) in [6.45, 7) is -0.192. The van der Waals surface area contributed by atoms with E-state index in [2.05, 4.69) is 15.0 Å². The van der Waals surface area contributed by atoms with Gasteiger partial charge in [0, 0.05) is 23.2 Å². The molecular weight excluding hydrogens is 372 g/mol. The second kappa shape index (κ2) is 6.87. The number of aliphatic hydroxyl groups is 1. The number of thiazole rings is 1. The summed E-state index contributed by atoms with van der Waals surface area (Å²) in [4.78, 5) is 24.6. The quantitative estimate of drug-likeness (QED) is 0.568. The van der Waals surface area contributed by atoms with E-state index < -0.39 is 5.91 Å². The highest BCUT2D eigenvalue weighted by Crippen LogP contribution is 2.21. The van der Waals surface area contributed by atoms with Gasteiger partial charge in [-0.25, -0.2) is 4.98 Å². The van der Waals surface area contributed by atoms with Crippen LogP contribution >= 0.6 is 22.9 Å². The molecule has 0 unspecified atom stereocenters. The van der Waals surface area contributed by atoms with E-state index >= 15 is 0 Å². The topological polar surface area (TPSA) is 83.3 Å². The number of nitrogens with zero attached hydrogens (tertiary/aromatic N) is 3. The molecule has 8 heteroatoms. The number of fused-ring (bicyclic) bond motifs is 1. The Hall–Kier alpha value is -2.74. The lowest BCUT2D eigenvalue weighted by molar-refractivity contribution is 0.0999. The molecule has 4 rings (SSSR count). The van der Waals surface area contributed by atoms with Gasteiger partial charge in [0.2, 0.25) is 0 Å². The number of H-pyrrole nitrogens is 1. The number of aromatic nitrogens is 3. The Morgan fingerprint density at radius 3 is 2.96 bits per heavy atom. The second-order valence-corrected chi connectivity index (χ2v) is 6.72. The summed E-state index contributed by atoms with van der Waals surface area (Å²) in [5.74, 6) is -0.392. The van der Waals surface area contributed by atoms with Crippen molar-refractivity contribution in [3.8, 4) is 5.69 Å². The molecule has 4 aromatic rings. The van der Waals surface area contributed by atoms with Crippen molar-refractivity contribution in [2.75, 3.05) is 0 Å². The van der Waals surface area contributed by atoms with Gasteiger partial charge in [0.25, 0.3) is 5.91 Å². The maximum Gasteiger partial charge on any atom is 0.281 e. The largest absolute Gasteiger partial charge is 0.390 e. The van der Waals surface area contributed by atoms with Gasteiger partial charge in [-0.2, -0.15) is 4.99 Å². The van der Waals surface area contributed by atoms with E-state index in [-0.39, 0.29) is 6.61 Å². The van der Waals surface area contributed by atoms with Gasteiger partial charge in [-0.1, -0.05) is 23.7 Å². The fraction of sp³-hybridized carbons (Fsp3) is 0.0556. The van der Waals surface area contributed by atoms with Crippen LogP contribution in [0.1, 0.15) is 16.1 Å². The number of carbonyl (C=O) groups excluding carboxylic acids is 1. The average molecular weight is 385 g/mol. The van der Waals surface area contributed by atoms with E-state index in [1.54, 1.807) is 34.5 Å². The van der Waals surface area contributed by atoms with E-state index in [1.165, 1.54) is 11.3 Å². The number of rotatable bonds is 3. The third kappa shape index (κ3) is 2.86. The van der Waals surface area contributed by atoms with Gasteiger partial charge in [0.1, 0.15) is 5.65 Å². The van der Waals surface area contributed by atoms with Crippen molar-refractivity contribution in [2.45, 2.75) is 6.61 Å². The fourth-order valence-corrected chi connectivity index (χ4v) is 3.80. The highest BCUT2D eigenvalue weighted by molar-refractivity contribution is 7.07. The predicted octanol–water partition coefficient (Wildman–Crippen LogP) is 3.30. The Morgan fingerprint density at radius 1 is 1.31 bits per heavy atom. The molecule has 3 aromatic heterocycles. The first-order valence-corrected chi connectivity index (χ1v) is 9.01. The number of aromatic amines is 1. The lowest BCUT2D eigenvalue weighted by Gasteiger charge is -2.08. The molecule has 0 atom stereocenters. The van der Waals surface area contributed by atoms with Crippen LogP contribution in [-0.4, -0.2) is 25.5 Å². The van der Waals surface area contributed by atoms with Gasteiger partial charge in [-0.15, -0.1) is 11.3 Å². The summed E-state index contributed by atoms with van der Waals surface area (Å²) in [6, 6.07) is 10.8. The van der Waals surface area contributed by atoms with Crippen LogP contribution in [-0.2, 0) is 6.61 Å². The minimum atomic E-state index is -0.392. The summed E-state index contributed by atoms with van der Waals surface area (Å²) < 4.78 is 1.69. The summed E-state index contributed by atoms with van der Waals surface area (Å²) in [7, 11) is 0. The number of aliphatic hydroxyl groups excluding tert-OH is 1. The molecule has 0 saturated heterocycles.